The van der Waals surface area contributed by atoms with Gasteiger partial charge in [-0.3, -0.25) is 9.59 Å². The topological polar surface area (TPSA) is 107 Å². The quantitative estimate of drug-likeness (QED) is 0.292. The van der Waals surface area contributed by atoms with Gasteiger partial charge in [0.2, 0.25) is 6.79 Å². The molecule has 0 atom stereocenters. The molecule has 2 amide bonds. The number of hydrogen-bond acceptors (Lipinski definition) is 7. The molecule has 0 fully saturated rings. The SMILES string of the molecule is COc1cc(C=NNC(=O)C(=O)NCc2ccc3c(c2)OCO3)ccc1OCc1ccc(F)cc1. The van der Waals surface area contributed by atoms with Crippen LogP contribution in [0.1, 0.15) is 16.7 Å². The zero-order valence-corrected chi connectivity index (χ0v) is 18.7. The lowest BCUT2D eigenvalue weighted by Crippen LogP contribution is -2.37. The molecule has 10 heteroatoms. The number of benzene rings is 3. The molecular weight excluding hydrogens is 457 g/mol. The van der Waals surface area contributed by atoms with Gasteiger partial charge in [0.15, 0.2) is 23.0 Å². The molecule has 0 aliphatic carbocycles. The molecule has 1 aliphatic rings. The third kappa shape index (κ3) is 6.26. The van der Waals surface area contributed by atoms with Crippen LogP contribution in [0.25, 0.3) is 0 Å². The zero-order valence-electron chi connectivity index (χ0n) is 18.7. The van der Waals surface area contributed by atoms with Gasteiger partial charge in [0.05, 0.1) is 13.3 Å². The Morgan fingerprint density at radius 3 is 2.54 bits per heavy atom. The highest BCUT2D eigenvalue weighted by Crippen LogP contribution is 2.32. The average molecular weight is 479 g/mol. The summed E-state index contributed by atoms with van der Waals surface area (Å²) in [5, 5.41) is 6.33. The Balaban J connectivity index is 1.27. The summed E-state index contributed by atoms with van der Waals surface area (Å²) < 4.78 is 34.6. The number of nitrogens with one attached hydrogen (secondary N) is 2. The van der Waals surface area contributed by atoms with Crippen LogP contribution in [-0.4, -0.2) is 31.9 Å². The second kappa shape index (κ2) is 11.0. The Bertz CT molecular complexity index is 1250. The highest BCUT2D eigenvalue weighted by molar-refractivity contribution is 6.35. The van der Waals surface area contributed by atoms with Crippen LogP contribution in [0.4, 0.5) is 4.39 Å². The predicted octanol–water partition coefficient (Wildman–Crippen LogP) is 2.91. The number of hydrogen-bond donors (Lipinski definition) is 2. The number of carbonyl (C=O) groups is 2. The van der Waals surface area contributed by atoms with Crippen molar-refractivity contribution in [3.05, 3.63) is 83.2 Å². The standard InChI is InChI=1S/C25H22FN3O6/c1-32-22-10-18(5-8-20(22)33-14-16-2-6-19(26)7-3-16)13-28-29-25(31)24(30)27-12-17-4-9-21-23(11-17)35-15-34-21/h2-11,13H,12,14-15H2,1H3,(H,27,30)(H,29,31). The molecule has 9 nitrogen and oxygen atoms in total. The average Bonchev–Trinajstić information content (AvgIpc) is 3.35. The molecule has 1 heterocycles. The second-order valence-corrected chi connectivity index (χ2v) is 7.39. The Kier molecular flexibility index (Phi) is 7.41. The summed E-state index contributed by atoms with van der Waals surface area (Å²) in [6.45, 7) is 0.536. The van der Waals surface area contributed by atoms with Crippen molar-refractivity contribution in [2.75, 3.05) is 13.9 Å². The molecule has 3 aromatic rings. The van der Waals surface area contributed by atoms with Crippen molar-refractivity contribution in [1.29, 1.82) is 0 Å². The van der Waals surface area contributed by atoms with Crippen LogP contribution >= 0.6 is 0 Å². The Morgan fingerprint density at radius 2 is 1.74 bits per heavy atom. The smallest absolute Gasteiger partial charge is 0.329 e. The third-order valence-corrected chi connectivity index (χ3v) is 4.97. The normalized spacial score (nSPS) is 11.8. The van der Waals surface area contributed by atoms with Gasteiger partial charge < -0.3 is 24.3 Å². The molecule has 180 valence electrons. The predicted molar refractivity (Wildman–Crippen MR) is 124 cm³/mol. The summed E-state index contributed by atoms with van der Waals surface area (Å²) in [6, 6.07) is 16.3. The van der Waals surface area contributed by atoms with E-state index in [1.807, 2.05) is 0 Å². The summed E-state index contributed by atoms with van der Waals surface area (Å²) in [5.74, 6) is 0.105. The highest BCUT2D eigenvalue weighted by Gasteiger charge is 2.15. The number of carbonyl (C=O) groups excluding carboxylic acids is 2. The zero-order chi connectivity index (χ0) is 24.6. The fraction of sp³-hybridized carbons (Fsp3) is 0.160. The molecule has 0 bridgehead atoms. The largest absolute Gasteiger partial charge is 0.493 e. The van der Waals surface area contributed by atoms with Gasteiger partial charge in [-0.2, -0.15) is 5.10 Å². The molecule has 0 radical (unpaired) electrons. The van der Waals surface area contributed by atoms with E-state index in [1.54, 1.807) is 48.5 Å². The van der Waals surface area contributed by atoms with Gasteiger partial charge in [-0.1, -0.05) is 18.2 Å². The van der Waals surface area contributed by atoms with Gasteiger partial charge in [-0.05, 0) is 59.2 Å². The number of hydrazone groups is 1. The van der Waals surface area contributed by atoms with E-state index in [4.69, 9.17) is 18.9 Å². The third-order valence-electron chi connectivity index (χ3n) is 4.97. The first-order valence-electron chi connectivity index (χ1n) is 10.6. The van der Waals surface area contributed by atoms with E-state index in [9.17, 15) is 14.0 Å². The monoisotopic (exact) mass is 479 g/mol. The van der Waals surface area contributed by atoms with Crippen LogP contribution in [0.5, 0.6) is 23.0 Å². The lowest BCUT2D eigenvalue weighted by atomic mass is 10.2. The molecule has 0 saturated carbocycles. The van der Waals surface area contributed by atoms with Crippen LogP contribution < -0.4 is 29.7 Å². The maximum absolute atomic E-state index is 13.0. The van der Waals surface area contributed by atoms with Crippen LogP contribution in [0.3, 0.4) is 0 Å². The van der Waals surface area contributed by atoms with Crippen molar-refractivity contribution in [3.8, 4) is 23.0 Å². The van der Waals surface area contributed by atoms with Crippen LogP contribution in [0, 0.1) is 5.82 Å². The molecule has 35 heavy (non-hydrogen) atoms. The van der Waals surface area contributed by atoms with Gasteiger partial charge in [0.1, 0.15) is 12.4 Å². The number of halogens is 1. The minimum absolute atomic E-state index is 0.142. The van der Waals surface area contributed by atoms with Crippen LogP contribution in [0.15, 0.2) is 65.8 Å². The first-order chi connectivity index (χ1) is 17.0. The van der Waals surface area contributed by atoms with E-state index in [0.717, 1.165) is 11.1 Å². The Morgan fingerprint density at radius 1 is 0.971 bits per heavy atom. The van der Waals surface area contributed by atoms with Gasteiger partial charge in [0, 0.05) is 6.54 Å². The van der Waals surface area contributed by atoms with Gasteiger partial charge in [0.25, 0.3) is 0 Å². The number of methoxy groups -OCH3 is 1. The second-order valence-electron chi connectivity index (χ2n) is 7.39. The maximum atomic E-state index is 13.0. The molecule has 0 spiro atoms. The minimum atomic E-state index is -0.909. The van der Waals surface area contributed by atoms with Gasteiger partial charge >= 0.3 is 11.8 Å². The van der Waals surface area contributed by atoms with E-state index in [-0.39, 0.29) is 25.8 Å². The first-order valence-corrected chi connectivity index (χ1v) is 10.6. The van der Waals surface area contributed by atoms with Crippen molar-refractivity contribution >= 4 is 18.0 Å². The molecule has 0 unspecified atom stereocenters. The Hall–Kier alpha value is -4.60. The summed E-state index contributed by atoms with van der Waals surface area (Å²) in [4.78, 5) is 24.0. The molecule has 2 N–H and O–H groups in total. The number of fused-ring (bicyclic) bond motifs is 1. The molecule has 0 saturated heterocycles. The molecule has 0 aromatic heterocycles. The van der Waals surface area contributed by atoms with E-state index in [1.165, 1.54) is 25.5 Å². The summed E-state index contributed by atoms with van der Waals surface area (Å²) in [6.07, 6.45) is 1.37. The maximum Gasteiger partial charge on any atom is 0.329 e. The molecule has 4 rings (SSSR count). The fourth-order valence-electron chi connectivity index (χ4n) is 3.16. The highest BCUT2D eigenvalue weighted by atomic mass is 19.1. The number of amides is 2. The van der Waals surface area contributed by atoms with E-state index < -0.39 is 11.8 Å². The van der Waals surface area contributed by atoms with Crippen molar-refractivity contribution in [2.24, 2.45) is 5.10 Å². The lowest BCUT2D eigenvalue weighted by Gasteiger charge is -2.11. The molecule has 3 aromatic carbocycles. The van der Waals surface area contributed by atoms with E-state index in [0.29, 0.717) is 28.6 Å². The van der Waals surface area contributed by atoms with Gasteiger partial charge in [-0.15, -0.1) is 0 Å². The minimum Gasteiger partial charge on any atom is -0.493 e. The van der Waals surface area contributed by atoms with Gasteiger partial charge in [-0.25, -0.2) is 9.82 Å². The summed E-state index contributed by atoms with van der Waals surface area (Å²) in [7, 11) is 1.49. The van der Waals surface area contributed by atoms with Crippen molar-refractivity contribution in [3.63, 3.8) is 0 Å². The number of nitrogens with zero attached hydrogens (tertiary/aromatic N) is 1. The van der Waals surface area contributed by atoms with Crippen LogP contribution in [-0.2, 0) is 22.7 Å². The van der Waals surface area contributed by atoms with E-state index in [2.05, 4.69) is 15.8 Å². The van der Waals surface area contributed by atoms with E-state index >= 15 is 0 Å². The first kappa shape index (κ1) is 23.6. The number of rotatable bonds is 8. The fourth-order valence-corrected chi connectivity index (χ4v) is 3.16. The van der Waals surface area contributed by atoms with Crippen molar-refractivity contribution in [1.82, 2.24) is 10.7 Å². The molecular formula is C25H22FN3O6. The summed E-state index contributed by atoms with van der Waals surface area (Å²) >= 11 is 0. The lowest BCUT2D eigenvalue weighted by molar-refractivity contribution is -0.139. The Labute approximate surface area is 200 Å². The van der Waals surface area contributed by atoms with Crippen molar-refractivity contribution in [2.45, 2.75) is 13.2 Å². The molecule has 1 aliphatic heterocycles. The number of ether oxygens (including phenoxy) is 4. The van der Waals surface area contributed by atoms with Crippen LogP contribution in [0.2, 0.25) is 0 Å². The van der Waals surface area contributed by atoms with Crippen molar-refractivity contribution < 1.29 is 32.9 Å². The summed E-state index contributed by atoms with van der Waals surface area (Å²) in [5.41, 5.74) is 4.35.